The van der Waals surface area contributed by atoms with Gasteiger partial charge in [0.25, 0.3) is 5.91 Å². The molecule has 0 unspecified atom stereocenters. The molecule has 22 heavy (non-hydrogen) atoms. The molecule has 116 valence electrons. The van der Waals surface area contributed by atoms with E-state index in [0.717, 1.165) is 11.3 Å². The van der Waals surface area contributed by atoms with Gasteiger partial charge in [-0.25, -0.2) is 5.43 Å². The molecule has 0 aliphatic rings. The Bertz CT molecular complexity index is 665. The fourth-order valence-electron chi connectivity index (χ4n) is 1.71. The van der Waals surface area contributed by atoms with Crippen LogP contribution in [0.4, 0.5) is 0 Å². The summed E-state index contributed by atoms with van der Waals surface area (Å²) >= 11 is 7.28. The van der Waals surface area contributed by atoms with Crippen LogP contribution in [0.3, 0.4) is 0 Å². The highest BCUT2D eigenvalue weighted by atomic mass is 35.5. The van der Waals surface area contributed by atoms with Crippen molar-refractivity contribution in [1.82, 2.24) is 5.43 Å². The maximum Gasteiger partial charge on any atom is 0.277 e. The normalized spacial score (nSPS) is 11.3. The van der Waals surface area contributed by atoms with Crippen LogP contribution < -0.4 is 10.2 Å². The van der Waals surface area contributed by atoms with Gasteiger partial charge in [-0.3, -0.25) is 4.79 Å². The standard InChI is InChI=1S/C16H17ClN2O2S/c1-3-12-4-6-13(7-5-12)21-10-16(20)19-18-11(2)14-8-9-15(17)22-14/h4-9H,3,10H2,1-2H3,(H,19,20)/b18-11+. The van der Waals surface area contributed by atoms with E-state index < -0.39 is 0 Å². The van der Waals surface area contributed by atoms with E-state index in [-0.39, 0.29) is 12.5 Å². The van der Waals surface area contributed by atoms with Gasteiger partial charge in [-0.15, -0.1) is 11.3 Å². The molecule has 2 rings (SSSR count). The zero-order chi connectivity index (χ0) is 15.9. The van der Waals surface area contributed by atoms with Crippen molar-refractivity contribution >= 4 is 34.6 Å². The molecule has 1 amide bonds. The number of hydrogen-bond acceptors (Lipinski definition) is 4. The molecule has 2 aromatic rings. The molecule has 0 atom stereocenters. The minimum atomic E-state index is -0.304. The molecule has 0 bridgehead atoms. The highest BCUT2D eigenvalue weighted by Crippen LogP contribution is 2.21. The lowest BCUT2D eigenvalue weighted by molar-refractivity contribution is -0.123. The number of ether oxygens (including phenoxy) is 1. The van der Waals surface area contributed by atoms with E-state index in [1.54, 1.807) is 6.07 Å². The van der Waals surface area contributed by atoms with Crippen molar-refractivity contribution in [2.75, 3.05) is 6.61 Å². The smallest absolute Gasteiger partial charge is 0.277 e. The third kappa shape index (κ3) is 4.86. The first-order chi connectivity index (χ1) is 10.6. The largest absolute Gasteiger partial charge is 0.484 e. The number of carbonyl (C=O) groups excluding carboxylic acids is 1. The van der Waals surface area contributed by atoms with Gasteiger partial charge in [0.2, 0.25) is 0 Å². The predicted octanol–water partition coefficient (Wildman–Crippen LogP) is 3.88. The molecule has 0 spiro atoms. The SMILES string of the molecule is CCc1ccc(OCC(=O)N/N=C(\C)c2ccc(Cl)s2)cc1. The Morgan fingerprint density at radius 2 is 2.00 bits per heavy atom. The summed E-state index contributed by atoms with van der Waals surface area (Å²) in [6.45, 7) is 3.82. The Kier molecular flexibility index (Phi) is 5.98. The summed E-state index contributed by atoms with van der Waals surface area (Å²) in [6.07, 6.45) is 0.974. The summed E-state index contributed by atoms with van der Waals surface area (Å²) in [5.74, 6) is 0.361. The van der Waals surface area contributed by atoms with Crippen LogP contribution in [-0.4, -0.2) is 18.2 Å². The molecular weight excluding hydrogens is 320 g/mol. The van der Waals surface area contributed by atoms with Crippen molar-refractivity contribution in [3.63, 3.8) is 0 Å². The first-order valence-corrected chi connectivity index (χ1v) is 8.08. The van der Waals surface area contributed by atoms with Crippen LogP contribution in [0.5, 0.6) is 5.75 Å². The van der Waals surface area contributed by atoms with Crippen LogP contribution in [0.25, 0.3) is 0 Å². The zero-order valence-electron chi connectivity index (χ0n) is 12.4. The highest BCUT2D eigenvalue weighted by Gasteiger charge is 2.04. The second-order valence-electron chi connectivity index (χ2n) is 4.62. The van der Waals surface area contributed by atoms with Crippen LogP contribution in [0.2, 0.25) is 4.34 Å². The maximum absolute atomic E-state index is 11.7. The Labute approximate surface area is 138 Å². The first-order valence-electron chi connectivity index (χ1n) is 6.89. The van der Waals surface area contributed by atoms with Crippen molar-refractivity contribution in [1.29, 1.82) is 0 Å². The summed E-state index contributed by atoms with van der Waals surface area (Å²) in [5.41, 5.74) is 4.41. The number of rotatable bonds is 6. The number of halogens is 1. The summed E-state index contributed by atoms with van der Waals surface area (Å²) in [4.78, 5) is 12.6. The molecule has 0 aliphatic carbocycles. The van der Waals surface area contributed by atoms with E-state index in [1.165, 1.54) is 16.9 Å². The van der Waals surface area contributed by atoms with E-state index in [1.807, 2.05) is 37.3 Å². The highest BCUT2D eigenvalue weighted by molar-refractivity contribution is 7.18. The number of hydrogen-bond donors (Lipinski definition) is 1. The minimum absolute atomic E-state index is 0.0759. The lowest BCUT2D eigenvalue weighted by Crippen LogP contribution is -2.25. The van der Waals surface area contributed by atoms with E-state index in [9.17, 15) is 4.79 Å². The average Bonchev–Trinajstić information content (AvgIpc) is 2.97. The number of thiophene rings is 1. The molecular formula is C16H17ClN2O2S. The molecule has 0 saturated carbocycles. The zero-order valence-corrected chi connectivity index (χ0v) is 14.0. The van der Waals surface area contributed by atoms with Crippen LogP contribution >= 0.6 is 22.9 Å². The number of nitrogens with one attached hydrogen (secondary N) is 1. The van der Waals surface area contributed by atoms with E-state index in [2.05, 4.69) is 17.5 Å². The van der Waals surface area contributed by atoms with Crippen molar-refractivity contribution in [3.05, 3.63) is 51.2 Å². The van der Waals surface area contributed by atoms with Gasteiger partial charge < -0.3 is 4.74 Å². The monoisotopic (exact) mass is 336 g/mol. The third-order valence-corrected chi connectivity index (χ3v) is 4.32. The number of amides is 1. The molecule has 1 aromatic carbocycles. The lowest BCUT2D eigenvalue weighted by Gasteiger charge is -2.06. The fraction of sp³-hybridized carbons (Fsp3) is 0.250. The second-order valence-corrected chi connectivity index (χ2v) is 6.34. The number of aryl methyl sites for hydroxylation is 1. The molecule has 0 radical (unpaired) electrons. The Morgan fingerprint density at radius 1 is 1.27 bits per heavy atom. The minimum Gasteiger partial charge on any atom is -0.484 e. The second kappa shape index (κ2) is 7.96. The van der Waals surface area contributed by atoms with Crippen molar-refractivity contribution in [2.45, 2.75) is 20.3 Å². The van der Waals surface area contributed by atoms with Crippen LogP contribution in [0.1, 0.15) is 24.3 Å². The number of hydrazone groups is 1. The summed E-state index contributed by atoms with van der Waals surface area (Å²) in [7, 11) is 0. The van der Waals surface area contributed by atoms with Gasteiger partial charge in [0.1, 0.15) is 5.75 Å². The lowest BCUT2D eigenvalue weighted by atomic mass is 10.2. The average molecular weight is 337 g/mol. The van der Waals surface area contributed by atoms with E-state index in [0.29, 0.717) is 15.8 Å². The molecule has 4 nitrogen and oxygen atoms in total. The van der Waals surface area contributed by atoms with Crippen LogP contribution in [0.15, 0.2) is 41.5 Å². The third-order valence-electron chi connectivity index (χ3n) is 2.98. The van der Waals surface area contributed by atoms with Gasteiger partial charge in [-0.05, 0) is 43.2 Å². The molecule has 0 aliphatic heterocycles. The van der Waals surface area contributed by atoms with E-state index in [4.69, 9.17) is 16.3 Å². The molecule has 6 heteroatoms. The Balaban J connectivity index is 1.82. The van der Waals surface area contributed by atoms with Crippen LogP contribution in [-0.2, 0) is 11.2 Å². The summed E-state index contributed by atoms with van der Waals surface area (Å²) in [5, 5.41) is 4.04. The van der Waals surface area contributed by atoms with E-state index >= 15 is 0 Å². The van der Waals surface area contributed by atoms with Crippen molar-refractivity contribution < 1.29 is 9.53 Å². The fourth-order valence-corrected chi connectivity index (χ4v) is 2.70. The van der Waals surface area contributed by atoms with Gasteiger partial charge in [-0.2, -0.15) is 5.10 Å². The number of benzene rings is 1. The van der Waals surface area contributed by atoms with Gasteiger partial charge in [0.15, 0.2) is 6.61 Å². The molecule has 0 fully saturated rings. The summed E-state index contributed by atoms with van der Waals surface area (Å²) < 4.78 is 6.10. The maximum atomic E-state index is 11.7. The number of nitrogens with zero attached hydrogens (tertiary/aromatic N) is 1. The van der Waals surface area contributed by atoms with Gasteiger partial charge in [0.05, 0.1) is 14.9 Å². The first kappa shape index (κ1) is 16.5. The quantitative estimate of drug-likeness (QED) is 0.642. The van der Waals surface area contributed by atoms with Gasteiger partial charge >= 0.3 is 0 Å². The van der Waals surface area contributed by atoms with Gasteiger partial charge in [-0.1, -0.05) is 30.7 Å². The topological polar surface area (TPSA) is 50.7 Å². The predicted molar refractivity (Wildman–Crippen MR) is 91.0 cm³/mol. The number of carbonyl (C=O) groups is 1. The molecule has 0 saturated heterocycles. The van der Waals surface area contributed by atoms with Crippen molar-refractivity contribution in [3.8, 4) is 5.75 Å². The Morgan fingerprint density at radius 3 is 2.59 bits per heavy atom. The van der Waals surface area contributed by atoms with Gasteiger partial charge in [0, 0.05) is 0 Å². The molecule has 1 heterocycles. The van der Waals surface area contributed by atoms with Crippen LogP contribution in [0, 0.1) is 0 Å². The molecule has 1 N–H and O–H groups in total. The van der Waals surface area contributed by atoms with Crippen molar-refractivity contribution in [2.24, 2.45) is 5.10 Å². The molecule has 1 aromatic heterocycles. The Hall–Kier alpha value is -1.85. The summed E-state index contributed by atoms with van der Waals surface area (Å²) in [6, 6.07) is 11.3.